The molecule has 0 unspecified atom stereocenters. The fourth-order valence-electron chi connectivity index (χ4n) is 0.829. The van der Waals surface area contributed by atoms with E-state index in [0.29, 0.717) is 25.8 Å². The molecule has 0 aliphatic heterocycles. The van der Waals surface area contributed by atoms with Crippen molar-refractivity contribution in [1.82, 2.24) is 4.72 Å². The second kappa shape index (κ2) is 5.93. The van der Waals surface area contributed by atoms with Crippen molar-refractivity contribution in [2.24, 2.45) is 0 Å². The van der Waals surface area contributed by atoms with Crippen LogP contribution in [0, 0.1) is 0 Å². The van der Waals surface area contributed by atoms with Gasteiger partial charge in [-0.3, -0.25) is 0 Å². The maximum atomic E-state index is 10.6. The molecule has 0 bridgehead atoms. The average molecular weight is 208 g/mol. The molecule has 0 heterocycles. The summed E-state index contributed by atoms with van der Waals surface area (Å²) in [4.78, 5) is 9.97. The standard InChI is InChI=1S/C7H15NO4S/c1-13(11,12)8-6-4-2-3-5-7(9)10/h8H,2-6H2,1H3,(H,9,10)/p-1. The quantitative estimate of drug-likeness (QED) is 0.535. The van der Waals surface area contributed by atoms with Gasteiger partial charge in [-0.2, -0.15) is 0 Å². The van der Waals surface area contributed by atoms with Gasteiger partial charge in [0.05, 0.1) is 6.26 Å². The summed E-state index contributed by atoms with van der Waals surface area (Å²) in [6.07, 6.45) is 3.01. The van der Waals surface area contributed by atoms with Gasteiger partial charge in [0.1, 0.15) is 0 Å². The Balaban J connectivity index is 3.23. The molecule has 0 aromatic heterocycles. The first-order valence-electron chi connectivity index (χ1n) is 4.06. The van der Waals surface area contributed by atoms with Gasteiger partial charge in [0.25, 0.3) is 0 Å². The number of hydrogen-bond acceptors (Lipinski definition) is 4. The van der Waals surface area contributed by atoms with E-state index in [1.807, 2.05) is 0 Å². The zero-order valence-electron chi connectivity index (χ0n) is 7.58. The Morgan fingerprint density at radius 1 is 1.31 bits per heavy atom. The summed E-state index contributed by atoms with van der Waals surface area (Å²) in [6, 6.07) is 0. The Labute approximate surface area is 78.2 Å². The number of rotatable bonds is 7. The second-order valence-corrected chi connectivity index (χ2v) is 4.68. The third kappa shape index (κ3) is 11.4. The zero-order valence-corrected chi connectivity index (χ0v) is 8.39. The van der Waals surface area contributed by atoms with E-state index >= 15 is 0 Å². The lowest BCUT2D eigenvalue weighted by Crippen LogP contribution is -2.23. The summed E-state index contributed by atoms with van der Waals surface area (Å²) in [5.74, 6) is -1.06. The topological polar surface area (TPSA) is 86.3 Å². The highest BCUT2D eigenvalue weighted by Gasteiger charge is 1.98. The Morgan fingerprint density at radius 2 is 1.92 bits per heavy atom. The van der Waals surface area contributed by atoms with Crippen molar-refractivity contribution in [3.05, 3.63) is 0 Å². The predicted molar refractivity (Wildman–Crippen MR) is 46.3 cm³/mol. The van der Waals surface area contributed by atoms with Crippen LogP contribution < -0.4 is 9.83 Å². The van der Waals surface area contributed by atoms with Gasteiger partial charge >= 0.3 is 0 Å². The van der Waals surface area contributed by atoms with E-state index in [1.165, 1.54) is 0 Å². The van der Waals surface area contributed by atoms with Crippen molar-refractivity contribution in [2.45, 2.75) is 25.7 Å². The van der Waals surface area contributed by atoms with E-state index in [2.05, 4.69) is 4.72 Å². The minimum atomic E-state index is -3.11. The smallest absolute Gasteiger partial charge is 0.208 e. The molecule has 0 radical (unpaired) electrons. The van der Waals surface area contributed by atoms with Crippen LogP contribution in [0.4, 0.5) is 0 Å². The number of nitrogens with one attached hydrogen (secondary N) is 1. The molecule has 0 saturated carbocycles. The number of sulfonamides is 1. The molecule has 0 atom stereocenters. The minimum absolute atomic E-state index is 0.0406. The molecule has 13 heavy (non-hydrogen) atoms. The van der Waals surface area contributed by atoms with Crippen LogP contribution in [0.3, 0.4) is 0 Å². The van der Waals surface area contributed by atoms with Gasteiger partial charge in [0.2, 0.25) is 10.0 Å². The van der Waals surface area contributed by atoms with E-state index in [9.17, 15) is 18.3 Å². The fraction of sp³-hybridized carbons (Fsp3) is 0.857. The molecule has 0 aliphatic carbocycles. The summed E-state index contributed by atoms with van der Waals surface area (Å²) in [5, 5.41) is 9.97. The number of hydrogen-bond donors (Lipinski definition) is 1. The number of carbonyl (C=O) groups is 1. The van der Waals surface area contributed by atoms with Gasteiger partial charge in [-0.15, -0.1) is 0 Å². The van der Waals surface area contributed by atoms with Crippen LogP contribution in [0.15, 0.2) is 0 Å². The normalized spacial score (nSPS) is 11.5. The Kier molecular flexibility index (Phi) is 5.65. The molecule has 0 aliphatic rings. The van der Waals surface area contributed by atoms with Gasteiger partial charge in [-0.1, -0.05) is 6.42 Å². The average Bonchev–Trinajstić information content (AvgIpc) is 1.93. The molecule has 0 spiro atoms. The molecule has 0 rings (SSSR count). The summed E-state index contributed by atoms with van der Waals surface area (Å²) in [7, 11) is -3.11. The Bertz CT molecular complexity index is 247. The predicted octanol–water partition coefficient (Wildman–Crippen LogP) is -1.15. The number of carboxylic acid groups (broad SMARTS) is 1. The van der Waals surface area contributed by atoms with Crippen LogP contribution in [0.5, 0.6) is 0 Å². The van der Waals surface area contributed by atoms with Crippen LogP contribution in [0.25, 0.3) is 0 Å². The van der Waals surface area contributed by atoms with Gasteiger partial charge < -0.3 is 9.90 Å². The summed E-state index contributed by atoms with van der Waals surface area (Å²) < 4.78 is 23.4. The van der Waals surface area contributed by atoms with Crippen LogP contribution in [0.1, 0.15) is 25.7 Å². The highest BCUT2D eigenvalue weighted by molar-refractivity contribution is 7.88. The molecular formula is C7H14NO4S-. The first kappa shape index (κ1) is 12.4. The summed E-state index contributed by atoms with van der Waals surface area (Å²) in [5.41, 5.74) is 0. The fourth-order valence-corrected chi connectivity index (χ4v) is 1.34. The van der Waals surface area contributed by atoms with Gasteiger partial charge in [-0.05, 0) is 19.3 Å². The van der Waals surface area contributed by atoms with E-state index in [1.54, 1.807) is 0 Å². The van der Waals surface area contributed by atoms with Crippen LogP contribution in [-0.2, 0) is 14.8 Å². The third-order valence-corrected chi connectivity index (χ3v) is 2.15. The first-order chi connectivity index (χ1) is 5.92. The largest absolute Gasteiger partial charge is 0.550 e. The molecule has 0 aromatic carbocycles. The molecule has 5 nitrogen and oxygen atoms in total. The van der Waals surface area contributed by atoms with Crippen molar-refractivity contribution >= 4 is 16.0 Å². The van der Waals surface area contributed by atoms with Crippen molar-refractivity contribution < 1.29 is 18.3 Å². The molecule has 1 N–H and O–H groups in total. The molecule has 0 fully saturated rings. The highest BCUT2D eigenvalue weighted by Crippen LogP contribution is 1.97. The molecule has 6 heteroatoms. The van der Waals surface area contributed by atoms with Crippen molar-refractivity contribution in [1.29, 1.82) is 0 Å². The summed E-state index contributed by atoms with van der Waals surface area (Å²) >= 11 is 0. The third-order valence-electron chi connectivity index (χ3n) is 1.42. The van der Waals surface area contributed by atoms with E-state index in [0.717, 1.165) is 6.26 Å². The summed E-state index contributed by atoms with van der Waals surface area (Å²) in [6.45, 7) is 0.367. The van der Waals surface area contributed by atoms with Crippen LogP contribution >= 0.6 is 0 Å². The first-order valence-corrected chi connectivity index (χ1v) is 5.95. The zero-order chi connectivity index (χ0) is 10.3. The molecular weight excluding hydrogens is 194 g/mol. The monoisotopic (exact) mass is 208 g/mol. The second-order valence-electron chi connectivity index (χ2n) is 2.85. The van der Waals surface area contributed by atoms with Crippen molar-refractivity contribution in [3.8, 4) is 0 Å². The lowest BCUT2D eigenvalue weighted by Gasteiger charge is -2.02. The Morgan fingerprint density at radius 3 is 2.38 bits per heavy atom. The molecule has 0 saturated heterocycles. The lowest BCUT2D eigenvalue weighted by molar-refractivity contribution is -0.305. The maximum absolute atomic E-state index is 10.6. The number of aliphatic carboxylic acids is 1. The van der Waals surface area contributed by atoms with Crippen molar-refractivity contribution in [3.63, 3.8) is 0 Å². The Hall–Kier alpha value is -0.620. The minimum Gasteiger partial charge on any atom is -0.550 e. The number of carbonyl (C=O) groups excluding carboxylic acids is 1. The molecule has 78 valence electrons. The molecule has 0 aromatic rings. The van der Waals surface area contributed by atoms with Crippen molar-refractivity contribution in [2.75, 3.05) is 12.8 Å². The van der Waals surface area contributed by atoms with E-state index < -0.39 is 16.0 Å². The van der Waals surface area contributed by atoms with Gasteiger partial charge in [0.15, 0.2) is 0 Å². The van der Waals surface area contributed by atoms with Gasteiger partial charge in [0, 0.05) is 12.5 Å². The van der Waals surface area contributed by atoms with Crippen LogP contribution in [-0.4, -0.2) is 27.2 Å². The number of unbranched alkanes of at least 4 members (excludes halogenated alkanes) is 2. The maximum Gasteiger partial charge on any atom is 0.208 e. The lowest BCUT2D eigenvalue weighted by atomic mass is 10.2. The van der Waals surface area contributed by atoms with Crippen LogP contribution in [0.2, 0.25) is 0 Å². The van der Waals surface area contributed by atoms with E-state index in [4.69, 9.17) is 0 Å². The van der Waals surface area contributed by atoms with E-state index in [-0.39, 0.29) is 6.42 Å². The number of carboxylic acids is 1. The van der Waals surface area contributed by atoms with Gasteiger partial charge in [-0.25, -0.2) is 13.1 Å². The SMILES string of the molecule is CS(=O)(=O)NCCCCCC(=O)[O-]. The molecule has 0 amide bonds. The highest BCUT2D eigenvalue weighted by atomic mass is 32.2.